The van der Waals surface area contributed by atoms with Crippen LogP contribution >= 0.6 is 0 Å². The standard InChI is InChI=1S/C17H16N2O/c1-11-16(12(2)20)10-18-17(19-11)15-9-5-7-13-6-3-4-8-14(13)15/h3-10,12,20H,1-2H3/t12-/m1/s1. The summed E-state index contributed by atoms with van der Waals surface area (Å²) in [6.45, 7) is 3.63. The maximum Gasteiger partial charge on any atom is 0.159 e. The van der Waals surface area contributed by atoms with E-state index in [1.165, 1.54) is 5.39 Å². The van der Waals surface area contributed by atoms with Gasteiger partial charge in [0.15, 0.2) is 5.82 Å². The maximum atomic E-state index is 9.66. The lowest BCUT2D eigenvalue weighted by molar-refractivity contribution is 0.197. The number of aryl methyl sites for hydroxylation is 1. The fraction of sp³-hybridized carbons (Fsp3) is 0.176. The fourth-order valence-electron chi connectivity index (χ4n) is 2.44. The van der Waals surface area contributed by atoms with Crippen LogP contribution in [0.15, 0.2) is 48.7 Å². The third kappa shape index (κ3) is 2.17. The van der Waals surface area contributed by atoms with E-state index in [2.05, 4.69) is 28.2 Å². The van der Waals surface area contributed by atoms with E-state index in [1.807, 2.05) is 31.2 Å². The molecule has 0 unspecified atom stereocenters. The van der Waals surface area contributed by atoms with Crippen LogP contribution in [0.2, 0.25) is 0 Å². The molecule has 0 aliphatic carbocycles. The van der Waals surface area contributed by atoms with Gasteiger partial charge in [0.25, 0.3) is 0 Å². The molecule has 2 aromatic carbocycles. The molecule has 100 valence electrons. The summed E-state index contributed by atoms with van der Waals surface area (Å²) in [7, 11) is 0. The molecule has 0 spiro atoms. The summed E-state index contributed by atoms with van der Waals surface area (Å²) in [6, 6.07) is 14.3. The topological polar surface area (TPSA) is 46.0 Å². The van der Waals surface area contributed by atoms with E-state index in [4.69, 9.17) is 0 Å². The monoisotopic (exact) mass is 264 g/mol. The number of benzene rings is 2. The molecule has 1 heterocycles. The first-order chi connectivity index (χ1) is 9.66. The Morgan fingerprint density at radius 3 is 2.55 bits per heavy atom. The van der Waals surface area contributed by atoms with Gasteiger partial charge in [-0.25, -0.2) is 9.97 Å². The third-order valence-electron chi connectivity index (χ3n) is 3.50. The van der Waals surface area contributed by atoms with Gasteiger partial charge >= 0.3 is 0 Å². The Morgan fingerprint density at radius 1 is 1.05 bits per heavy atom. The Labute approximate surface area is 117 Å². The van der Waals surface area contributed by atoms with Crippen molar-refractivity contribution in [2.24, 2.45) is 0 Å². The minimum absolute atomic E-state index is 0.545. The summed E-state index contributed by atoms with van der Waals surface area (Å²) in [5.41, 5.74) is 2.61. The molecule has 1 aromatic heterocycles. The van der Waals surface area contributed by atoms with Crippen LogP contribution in [0.5, 0.6) is 0 Å². The quantitative estimate of drug-likeness (QED) is 0.768. The van der Waals surface area contributed by atoms with Crippen molar-refractivity contribution >= 4 is 10.8 Å². The van der Waals surface area contributed by atoms with Gasteiger partial charge in [-0.15, -0.1) is 0 Å². The zero-order valence-electron chi connectivity index (χ0n) is 11.5. The predicted molar refractivity (Wildman–Crippen MR) is 80.3 cm³/mol. The highest BCUT2D eigenvalue weighted by atomic mass is 16.3. The van der Waals surface area contributed by atoms with Crippen LogP contribution < -0.4 is 0 Å². The molecule has 0 bridgehead atoms. The Bertz CT molecular complexity index is 761. The SMILES string of the molecule is Cc1nc(-c2cccc3ccccc23)ncc1[C@@H](C)O. The summed E-state index contributed by atoms with van der Waals surface area (Å²) >= 11 is 0. The Balaban J connectivity index is 2.19. The molecule has 1 N–H and O–H groups in total. The molecule has 0 radical (unpaired) electrons. The lowest BCUT2D eigenvalue weighted by Gasteiger charge is -2.10. The van der Waals surface area contributed by atoms with Gasteiger partial charge in [-0.1, -0.05) is 42.5 Å². The molecule has 20 heavy (non-hydrogen) atoms. The Kier molecular flexibility index (Phi) is 3.20. The average molecular weight is 264 g/mol. The second-order valence-corrected chi connectivity index (χ2v) is 4.94. The molecule has 0 amide bonds. The van der Waals surface area contributed by atoms with Crippen molar-refractivity contribution in [3.8, 4) is 11.4 Å². The van der Waals surface area contributed by atoms with E-state index in [9.17, 15) is 5.11 Å². The molecular formula is C17H16N2O. The molecule has 3 heteroatoms. The Hall–Kier alpha value is -2.26. The maximum absolute atomic E-state index is 9.66. The lowest BCUT2D eigenvalue weighted by atomic mass is 10.0. The number of rotatable bonds is 2. The second kappa shape index (κ2) is 5.02. The molecule has 0 aliphatic heterocycles. The van der Waals surface area contributed by atoms with E-state index < -0.39 is 6.10 Å². The number of aliphatic hydroxyl groups is 1. The van der Waals surface area contributed by atoms with Gasteiger partial charge in [-0.2, -0.15) is 0 Å². The summed E-state index contributed by atoms with van der Waals surface area (Å²) < 4.78 is 0. The molecular weight excluding hydrogens is 248 g/mol. The minimum atomic E-state index is -0.545. The van der Waals surface area contributed by atoms with Crippen molar-refractivity contribution in [3.05, 3.63) is 59.9 Å². The minimum Gasteiger partial charge on any atom is -0.389 e. The highest BCUT2D eigenvalue weighted by Gasteiger charge is 2.11. The molecule has 1 atom stereocenters. The third-order valence-corrected chi connectivity index (χ3v) is 3.50. The van der Waals surface area contributed by atoms with Crippen molar-refractivity contribution < 1.29 is 5.11 Å². The van der Waals surface area contributed by atoms with Gasteiger partial charge in [-0.05, 0) is 24.6 Å². The van der Waals surface area contributed by atoms with E-state index in [0.29, 0.717) is 5.82 Å². The van der Waals surface area contributed by atoms with Crippen LogP contribution in [-0.2, 0) is 0 Å². The van der Waals surface area contributed by atoms with Crippen LogP contribution in [0.3, 0.4) is 0 Å². The van der Waals surface area contributed by atoms with Gasteiger partial charge in [0.1, 0.15) is 0 Å². The van der Waals surface area contributed by atoms with Crippen molar-refractivity contribution in [3.63, 3.8) is 0 Å². The Morgan fingerprint density at radius 2 is 1.80 bits per heavy atom. The number of aliphatic hydroxyl groups excluding tert-OH is 1. The van der Waals surface area contributed by atoms with E-state index in [-0.39, 0.29) is 0 Å². The van der Waals surface area contributed by atoms with Crippen LogP contribution in [0, 0.1) is 6.92 Å². The van der Waals surface area contributed by atoms with Gasteiger partial charge in [0, 0.05) is 23.0 Å². The molecule has 0 saturated carbocycles. The zero-order chi connectivity index (χ0) is 14.1. The van der Waals surface area contributed by atoms with Crippen molar-refractivity contribution in [2.45, 2.75) is 20.0 Å². The smallest absolute Gasteiger partial charge is 0.159 e. The summed E-state index contributed by atoms with van der Waals surface area (Å²) in [5.74, 6) is 0.698. The normalized spacial score (nSPS) is 12.6. The summed E-state index contributed by atoms with van der Waals surface area (Å²) in [6.07, 6.45) is 1.17. The highest BCUT2D eigenvalue weighted by Crippen LogP contribution is 2.27. The van der Waals surface area contributed by atoms with Crippen LogP contribution in [-0.4, -0.2) is 15.1 Å². The van der Waals surface area contributed by atoms with Crippen LogP contribution in [0.25, 0.3) is 22.2 Å². The first-order valence-corrected chi connectivity index (χ1v) is 6.66. The molecule has 3 nitrogen and oxygen atoms in total. The lowest BCUT2D eigenvalue weighted by Crippen LogP contribution is -2.01. The number of nitrogens with zero attached hydrogens (tertiary/aromatic N) is 2. The fourth-order valence-corrected chi connectivity index (χ4v) is 2.44. The predicted octanol–water partition coefficient (Wildman–Crippen LogP) is 3.66. The van der Waals surface area contributed by atoms with E-state index >= 15 is 0 Å². The molecule has 3 aromatic rings. The van der Waals surface area contributed by atoms with Crippen molar-refractivity contribution in [1.82, 2.24) is 9.97 Å². The van der Waals surface area contributed by atoms with E-state index in [1.54, 1.807) is 13.1 Å². The van der Waals surface area contributed by atoms with Crippen molar-refractivity contribution in [1.29, 1.82) is 0 Å². The molecule has 0 aliphatic rings. The summed E-state index contributed by atoms with van der Waals surface area (Å²) in [4.78, 5) is 8.95. The van der Waals surface area contributed by atoms with Gasteiger partial charge < -0.3 is 5.11 Å². The zero-order valence-corrected chi connectivity index (χ0v) is 11.5. The largest absolute Gasteiger partial charge is 0.389 e. The molecule has 0 fully saturated rings. The number of hydrogen-bond donors (Lipinski definition) is 1. The summed E-state index contributed by atoms with van der Waals surface area (Å²) in [5, 5.41) is 12.0. The molecule has 0 saturated heterocycles. The first kappa shape index (κ1) is 12.8. The second-order valence-electron chi connectivity index (χ2n) is 4.94. The van der Waals surface area contributed by atoms with Crippen molar-refractivity contribution in [2.75, 3.05) is 0 Å². The van der Waals surface area contributed by atoms with Gasteiger partial charge in [0.2, 0.25) is 0 Å². The van der Waals surface area contributed by atoms with Crippen LogP contribution in [0.4, 0.5) is 0 Å². The number of aromatic nitrogens is 2. The highest BCUT2D eigenvalue weighted by molar-refractivity contribution is 5.94. The average Bonchev–Trinajstić information content (AvgIpc) is 2.46. The molecule has 3 rings (SSSR count). The first-order valence-electron chi connectivity index (χ1n) is 6.66. The number of hydrogen-bond acceptors (Lipinski definition) is 3. The van der Waals surface area contributed by atoms with Gasteiger partial charge in [-0.3, -0.25) is 0 Å². The van der Waals surface area contributed by atoms with Gasteiger partial charge in [0.05, 0.1) is 6.10 Å². The van der Waals surface area contributed by atoms with Crippen LogP contribution in [0.1, 0.15) is 24.3 Å². The number of fused-ring (bicyclic) bond motifs is 1. The van der Waals surface area contributed by atoms with E-state index in [0.717, 1.165) is 22.2 Å².